The van der Waals surface area contributed by atoms with Crippen LogP contribution in [0.3, 0.4) is 0 Å². The molecule has 0 spiro atoms. The molecule has 6 heteroatoms. The second kappa shape index (κ2) is 6.75. The highest BCUT2D eigenvalue weighted by molar-refractivity contribution is 6.06. The molecule has 3 rings (SSSR count). The molecule has 1 aromatic carbocycles. The number of hydrogen-bond acceptors (Lipinski definition) is 5. The molecule has 1 aromatic heterocycles. The Kier molecular flexibility index (Phi) is 4.69. The lowest BCUT2D eigenvalue weighted by molar-refractivity contribution is 0.0518. The first-order valence-corrected chi connectivity index (χ1v) is 8.18. The van der Waals surface area contributed by atoms with Gasteiger partial charge in [0.1, 0.15) is 5.75 Å². The Labute approximate surface area is 142 Å². The van der Waals surface area contributed by atoms with Crippen LogP contribution in [-0.4, -0.2) is 67.1 Å². The summed E-state index contributed by atoms with van der Waals surface area (Å²) in [5.74, 6) is 0.734. The van der Waals surface area contributed by atoms with Crippen molar-refractivity contribution in [1.82, 2.24) is 14.8 Å². The Morgan fingerprint density at radius 3 is 2.88 bits per heavy atom. The molecule has 1 aliphatic heterocycles. The molecule has 1 aliphatic rings. The van der Waals surface area contributed by atoms with Crippen molar-refractivity contribution in [2.24, 2.45) is 5.73 Å². The van der Waals surface area contributed by atoms with Crippen LogP contribution in [0.15, 0.2) is 24.3 Å². The first kappa shape index (κ1) is 16.7. The summed E-state index contributed by atoms with van der Waals surface area (Å²) in [6.45, 7) is 4.71. The lowest BCUT2D eigenvalue weighted by atomic mass is 10.0. The van der Waals surface area contributed by atoms with Gasteiger partial charge in [0.2, 0.25) is 0 Å². The molecule has 0 saturated carbocycles. The van der Waals surface area contributed by atoms with Crippen LogP contribution in [0.4, 0.5) is 0 Å². The van der Waals surface area contributed by atoms with Gasteiger partial charge in [0, 0.05) is 37.3 Å². The fourth-order valence-corrected chi connectivity index (χ4v) is 3.28. The van der Waals surface area contributed by atoms with Crippen LogP contribution in [0.25, 0.3) is 10.9 Å². The van der Waals surface area contributed by atoms with E-state index in [-0.39, 0.29) is 11.9 Å². The highest BCUT2D eigenvalue weighted by atomic mass is 16.5. The summed E-state index contributed by atoms with van der Waals surface area (Å²) < 4.78 is 5.31. The van der Waals surface area contributed by atoms with Crippen molar-refractivity contribution < 1.29 is 9.53 Å². The van der Waals surface area contributed by atoms with E-state index >= 15 is 0 Å². The minimum atomic E-state index is 0.0160. The zero-order valence-corrected chi connectivity index (χ0v) is 14.5. The third kappa shape index (κ3) is 3.07. The van der Waals surface area contributed by atoms with Gasteiger partial charge in [-0.1, -0.05) is 0 Å². The van der Waals surface area contributed by atoms with E-state index < -0.39 is 0 Å². The smallest absolute Gasteiger partial charge is 0.254 e. The molecule has 1 atom stereocenters. The van der Waals surface area contributed by atoms with Gasteiger partial charge in [-0.05, 0) is 38.2 Å². The van der Waals surface area contributed by atoms with Gasteiger partial charge in [-0.25, -0.2) is 0 Å². The molecular weight excluding hydrogens is 304 g/mol. The standard InChI is InChI=1S/C18H24N4O2/c1-12-8-16(15-9-14(24-3)4-5-17(15)20-12)18(23)22-7-6-21(2)11-13(22)10-19/h4-5,8-9,13H,6-7,10-11,19H2,1-3H3. The van der Waals surface area contributed by atoms with Crippen LogP contribution in [0, 0.1) is 6.92 Å². The van der Waals surface area contributed by atoms with Gasteiger partial charge in [-0.15, -0.1) is 0 Å². The topological polar surface area (TPSA) is 71.7 Å². The number of hydrogen-bond donors (Lipinski definition) is 1. The third-order valence-electron chi connectivity index (χ3n) is 4.59. The quantitative estimate of drug-likeness (QED) is 0.918. The van der Waals surface area contributed by atoms with Crippen LogP contribution in [-0.2, 0) is 0 Å². The molecule has 2 heterocycles. The van der Waals surface area contributed by atoms with E-state index in [4.69, 9.17) is 10.5 Å². The number of carbonyl (C=O) groups excluding carboxylic acids is 1. The average Bonchev–Trinajstić information content (AvgIpc) is 2.59. The summed E-state index contributed by atoms with van der Waals surface area (Å²) in [6, 6.07) is 7.52. The Hall–Kier alpha value is -2.18. The van der Waals surface area contributed by atoms with Gasteiger partial charge in [0.15, 0.2) is 0 Å². The first-order valence-electron chi connectivity index (χ1n) is 8.18. The van der Waals surface area contributed by atoms with Gasteiger partial charge in [-0.3, -0.25) is 9.78 Å². The molecule has 24 heavy (non-hydrogen) atoms. The van der Waals surface area contributed by atoms with Crippen molar-refractivity contribution in [3.8, 4) is 5.75 Å². The molecule has 128 valence electrons. The van der Waals surface area contributed by atoms with E-state index in [1.54, 1.807) is 7.11 Å². The van der Waals surface area contributed by atoms with Gasteiger partial charge in [0.05, 0.1) is 24.2 Å². The maximum atomic E-state index is 13.2. The lowest BCUT2D eigenvalue weighted by Crippen LogP contribution is -2.56. The fraction of sp³-hybridized carbons (Fsp3) is 0.444. The molecule has 0 radical (unpaired) electrons. The fourth-order valence-electron chi connectivity index (χ4n) is 3.28. The highest BCUT2D eigenvalue weighted by Crippen LogP contribution is 2.25. The second-order valence-corrected chi connectivity index (χ2v) is 6.34. The number of carbonyl (C=O) groups is 1. The minimum Gasteiger partial charge on any atom is -0.497 e. The summed E-state index contributed by atoms with van der Waals surface area (Å²) in [5.41, 5.74) is 8.20. The molecular formula is C18H24N4O2. The van der Waals surface area contributed by atoms with Crippen LogP contribution in [0.1, 0.15) is 16.1 Å². The number of likely N-dealkylation sites (N-methyl/N-ethyl adjacent to an activating group) is 1. The van der Waals surface area contributed by atoms with Crippen molar-refractivity contribution in [3.05, 3.63) is 35.5 Å². The lowest BCUT2D eigenvalue weighted by Gasteiger charge is -2.39. The average molecular weight is 328 g/mol. The number of methoxy groups -OCH3 is 1. The molecule has 0 bridgehead atoms. The number of nitrogens with two attached hydrogens (primary N) is 1. The van der Waals surface area contributed by atoms with Crippen molar-refractivity contribution in [3.63, 3.8) is 0 Å². The summed E-state index contributed by atoms with van der Waals surface area (Å²) in [7, 11) is 3.68. The zero-order valence-electron chi connectivity index (χ0n) is 14.5. The Morgan fingerprint density at radius 2 is 2.17 bits per heavy atom. The molecule has 0 aliphatic carbocycles. The summed E-state index contributed by atoms with van der Waals surface area (Å²) in [6.07, 6.45) is 0. The van der Waals surface area contributed by atoms with E-state index in [1.165, 1.54) is 0 Å². The summed E-state index contributed by atoms with van der Waals surface area (Å²) >= 11 is 0. The van der Waals surface area contributed by atoms with Crippen molar-refractivity contribution in [2.75, 3.05) is 40.3 Å². The maximum Gasteiger partial charge on any atom is 0.254 e. The summed E-state index contributed by atoms with van der Waals surface area (Å²) in [4.78, 5) is 21.9. The van der Waals surface area contributed by atoms with Crippen molar-refractivity contribution >= 4 is 16.8 Å². The normalized spacial score (nSPS) is 18.8. The Morgan fingerprint density at radius 1 is 1.38 bits per heavy atom. The number of aromatic nitrogens is 1. The van der Waals surface area contributed by atoms with Crippen LogP contribution < -0.4 is 10.5 Å². The zero-order chi connectivity index (χ0) is 17.3. The highest BCUT2D eigenvalue weighted by Gasteiger charge is 2.29. The molecule has 2 N–H and O–H groups in total. The number of benzene rings is 1. The van der Waals surface area contributed by atoms with Gasteiger partial charge in [0.25, 0.3) is 5.91 Å². The number of piperazine rings is 1. The number of nitrogens with zero attached hydrogens (tertiary/aromatic N) is 3. The second-order valence-electron chi connectivity index (χ2n) is 6.34. The monoisotopic (exact) mass is 328 g/mol. The Bertz CT molecular complexity index is 762. The van der Waals surface area contributed by atoms with Crippen LogP contribution in [0.5, 0.6) is 5.75 Å². The van der Waals surface area contributed by atoms with Crippen molar-refractivity contribution in [1.29, 1.82) is 0 Å². The maximum absolute atomic E-state index is 13.2. The largest absolute Gasteiger partial charge is 0.497 e. The number of aryl methyl sites for hydroxylation is 1. The summed E-state index contributed by atoms with van der Waals surface area (Å²) in [5, 5.41) is 0.819. The molecule has 2 aromatic rings. The molecule has 6 nitrogen and oxygen atoms in total. The predicted molar refractivity (Wildman–Crippen MR) is 94.4 cm³/mol. The molecule has 1 fully saturated rings. The van der Waals surface area contributed by atoms with E-state index in [0.717, 1.165) is 35.4 Å². The SMILES string of the molecule is COc1ccc2nc(C)cc(C(=O)N3CCN(C)CC3CN)c2c1. The van der Waals surface area contributed by atoms with E-state index in [1.807, 2.05) is 36.1 Å². The van der Waals surface area contributed by atoms with Crippen molar-refractivity contribution in [2.45, 2.75) is 13.0 Å². The van der Waals surface area contributed by atoms with Gasteiger partial charge >= 0.3 is 0 Å². The number of rotatable bonds is 3. The van der Waals surface area contributed by atoms with Crippen LogP contribution >= 0.6 is 0 Å². The number of pyridine rings is 1. The number of amides is 1. The Balaban J connectivity index is 2.05. The van der Waals surface area contributed by atoms with Crippen LogP contribution in [0.2, 0.25) is 0 Å². The third-order valence-corrected chi connectivity index (χ3v) is 4.59. The predicted octanol–water partition coefficient (Wildman–Crippen LogP) is 1.27. The van der Waals surface area contributed by atoms with E-state index in [2.05, 4.69) is 16.9 Å². The molecule has 1 saturated heterocycles. The van der Waals surface area contributed by atoms with Gasteiger partial charge < -0.3 is 20.3 Å². The first-order chi connectivity index (χ1) is 11.5. The van der Waals surface area contributed by atoms with E-state index in [9.17, 15) is 4.79 Å². The number of fused-ring (bicyclic) bond motifs is 1. The molecule has 1 unspecified atom stereocenters. The molecule has 1 amide bonds. The minimum absolute atomic E-state index is 0.0160. The number of ether oxygens (including phenoxy) is 1. The van der Waals surface area contributed by atoms with E-state index in [0.29, 0.717) is 18.7 Å². The van der Waals surface area contributed by atoms with Gasteiger partial charge in [-0.2, -0.15) is 0 Å².